The van der Waals surface area contributed by atoms with E-state index in [2.05, 4.69) is 20.9 Å². The molecule has 1 atom stereocenters. The Morgan fingerprint density at radius 2 is 2.40 bits per heavy atom. The van der Waals surface area contributed by atoms with Crippen LogP contribution < -0.4 is 0 Å². The van der Waals surface area contributed by atoms with Gasteiger partial charge in [-0.25, -0.2) is 0 Å². The Morgan fingerprint density at radius 3 is 2.93 bits per heavy atom. The van der Waals surface area contributed by atoms with E-state index in [-0.39, 0.29) is 5.69 Å². The van der Waals surface area contributed by atoms with Crippen molar-refractivity contribution in [2.45, 2.75) is 25.9 Å². The van der Waals surface area contributed by atoms with Crippen molar-refractivity contribution in [3.05, 3.63) is 32.5 Å². The largest absolute Gasteiger partial charge is 0.393 e. The summed E-state index contributed by atoms with van der Waals surface area (Å²) in [5, 5.41) is 19.8. The predicted octanol–water partition coefficient (Wildman–Crippen LogP) is 2.07. The molecule has 0 aliphatic carbocycles. The highest BCUT2D eigenvalue weighted by Gasteiger charge is 2.15. The van der Waals surface area contributed by atoms with Gasteiger partial charge in [0.1, 0.15) is 5.69 Å². The van der Waals surface area contributed by atoms with Gasteiger partial charge in [0.2, 0.25) is 0 Å². The Labute approximate surface area is 95.4 Å². The number of hydrogen-bond donors (Lipinski definition) is 1. The van der Waals surface area contributed by atoms with Crippen molar-refractivity contribution >= 4 is 21.6 Å². The van der Waals surface area contributed by atoms with E-state index < -0.39 is 11.0 Å². The monoisotopic (exact) mass is 274 g/mol. The minimum Gasteiger partial charge on any atom is -0.393 e. The van der Waals surface area contributed by atoms with Crippen LogP contribution in [0.15, 0.2) is 16.7 Å². The van der Waals surface area contributed by atoms with Crippen molar-refractivity contribution in [2.24, 2.45) is 0 Å². The maximum Gasteiger partial charge on any atom is 0.291 e. The van der Waals surface area contributed by atoms with E-state index >= 15 is 0 Å². The Kier molecular flexibility index (Phi) is 4.16. The number of halogens is 1. The maximum absolute atomic E-state index is 10.7. The summed E-state index contributed by atoms with van der Waals surface area (Å²) in [5.41, 5.74) is 0.397. The van der Waals surface area contributed by atoms with Crippen LogP contribution >= 0.6 is 15.9 Å². The zero-order valence-corrected chi connectivity index (χ0v) is 9.77. The first kappa shape index (κ1) is 12.1. The summed E-state index contributed by atoms with van der Waals surface area (Å²) >= 11 is 3.13. The highest BCUT2D eigenvalue weighted by atomic mass is 79.9. The van der Waals surface area contributed by atoms with Crippen LogP contribution in [0.5, 0.6) is 0 Å². The maximum atomic E-state index is 10.7. The number of aromatic nitrogens is 1. The Morgan fingerprint density at radius 1 is 1.73 bits per heavy atom. The normalized spacial score (nSPS) is 12.5. The molecule has 0 bridgehead atoms. The first-order chi connectivity index (χ1) is 7.00. The molecule has 0 unspecified atom stereocenters. The average Bonchev–Trinajstić information content (AvgIpc) is 2.15. The molecule has 0 spiro atoms. The number of aliphatic hydroxyl groups is 1. The van der Waals surface area contributed by atoms with Crippen molar-refractivity contribution in [1.82, 2.24) is 4.98 Å². The molecule has 0 fully saturated rings. The Hall–Kier alpha value is -1.01. The van der Waals surface area contributed by atoms with Crippen LogP contribution in [-0.4, -0.2) is 21.1 Å². The zero-order valence-electron chi connectivity index (χ0n) is 8.18. The van der Waals surface area contributed by atoms with Crippen molar-refractivity contribution in [3.63, 3.8) is 0 Å². The summed E-state index contributed by atoms with van der Waals surface area (Å²) in [5.74, 6) is 0. The van der Waals surface area contributed by atoms with Gasteiger partial charge in [0.05, 0.1) is 11.0 Å². The third-order valence-corrected chi connectivity index (χ3v) is 2.34. The van der Waals surface area contributed by atoms with Gasteiger partial charge in [0.15, 0.2) is 0 Å². The average molecular weight is 275 g/mol. The van der Waals surface area contributed by atoms with Crippen LogP contribution in [0.1, 0.15) is 19.0 Å². The molecule has 0 aliphatic heterocycles. The van der Waals surface area contributed by atoms with Gasteiger partial charge in [0, 0.05) is 16.7 Å². The van der Waals surface area contributed by atoms with Crippen LogP contribution in [0, 0.1) is 10.1 Å². The molecule has 82 valence electrons. The summed E-state index contributed by atoms with van der Waals surface area (Å²) in [6, 6.07) is 1.42. The number of nitrogens with zero attached hydrogens (tertiary/aromatic N) is 2. The fourth-order valence-electron chi connectivity index (χ4n) is 1.15. The number of hydrogen-bond acceptors (Lipinski definition) is 4. The topological polar surface area (TPSA) is 76.3 Å². The number of rotatable bonds is 4. The summed E-state index contributed by atoms with van der Waals surface area (Å²) in [6.45, 7) is 1.64. The van der Waals surface area contributed by atoms with Gasteiger partial charge in [-0.05, 0) is 35.7 Å². The molecule has 0 aliphatic rings. The summed E-state index contributed by atoms with van der Waals surface area (Å²) in [4.78, 5) is 14.2. The number of aliphatic hydroxyl groups excluding tert-OH is 1. The van der Waals surface area contributed by atoms with Crippen LogP contribution in [0.2, 0.25) is 0 Å². The molecule has 1 heterocycles. The van der Waals surface area contributed by atoms with Crippen LogP contribution in [0.3, 0.4) is 0 Å². The smallest absolute Gasteiger partial charge is 0.291 e. The molecule has 0 radical (unpaired) electrons. The van der Waals surface area contributed by atoms with E-state index in [0.29, 0.717) is 23.0 Å². The van der Waals surface area contributed by atoms with Crippen molar-refractivity contribution in [2.75, 3.05) is 0 Å². The van der Waals surface area contributed by atoms with Gasteiger partial charge in [-0.2, -0.15) is 0 Å². The molecule has 1 aromatic heterocycles. The second kappa shape index (κ2) is 5.18. The SMILES string of the molecule is C[C@H](O)CCc1ncc(Br)cc1[N+](=O)[O-]. The van der Waals surface area contributed by atoms with Gasteiger partial charge >= 0.3 is 0 Å². The van der Waals surface area contributed by atoms with E-state index in [1.54, 1.807) is 6.92 Å². The first-order valence-corrected chi connectivity index (χ1v) is 5.27. The summed E-state index contributed by atoms with van der Waals surface area (Å²) in [7, 11) is 0. The third kappa shape index (κ3) is 3.56. The first-order valence-electron chi connectivity index (χ1n) is 4.47. The van der Waals surface area contributed by atoms with Crippen LogP contribution in [0.25, 0.3) is 0 Å². The van der Waals surface area contributed by atoms with E-state index in [0.717, 1.165) is 0 Å². The minimum atomic E-state index is -0.477. The van der Waals surface area contributed by atoms with Gasteiger partial charge in [-0.15, -0.1) is 0 Å². The highest BCUT2D eigenvalue weighted by Crippen LogP contribution is 2.22. The van der Waals surface area contributed by atoms with Crippen LogP contribution in [0.4, 0.5) is 5.69 Å². The van der Waals surface area contributed by atoms with Crippen molar-refractivity contribution in [3.8, 4) is 0 Å². The van der Waals surface area contributed by atoms with E-state index in [4.69, 9.17) is 5.11 Å². The second-order valence-electron chi connectivity index (χ2n) is 3.26. The van der Waals surface area contributed by atoms with Crippen LogP contribution in [-0.2, 0) is 6.42 Å². The van der Waals surface area contributed by atoms with Gasteiger partial charge < -0.3 is 5.11 Å². The molecule has 6 heteroatoms. The molecular weight excluding hydrogens is 264 g/mol. The van der Waals surface area contributed by atoms with Crippen molar-refractivity contribution < 1.29 is 10.0 Å². The number of nitro groups is 1. The zero-order chi connectivity index (χ0) is 11.4. The molecule has 5 nitrogen and oxygen atoms in total. The number of pyridine rings is 1. The Balaban J connectivity index is 2.91. The van der Waals surface area contributed by atoms with Gasteiger partial charge in [0.25, 0.3) is 5.69 Å². The lowest BCUT2D eigenvalue weighted by molar-refractivity contribution is -0.386. The van der Waals surface area contributed by atoms with E-state index in [9.17, 15) is 10.1 Å². The molecule has 1 rings (SSSR count). The molecule has 0 saturated heterocycles. The third-order valence-electron chi connectivity index (χ3n) is 1.91. The highest BCUT2D eigenvalue weighted by molar-refractivity contribution is 9.10. The quantitative estimate of drug-likeness (QED) is 0.674. The van der Waals surface area contributed by atoms with E-state index in [1.165, 1.54) is 12.3 Å². The molecular formula is C9H11BrN2O3. The van der Waals surface area contributed by atoms with Gasteiger partial charge in [-0.3, -0.25) is 15.1 Å². The predicted molar refractivity (Wildman–Crippen MR) is 58.6 cm³/mol. The Bertz CT molecular complexity index is 368. The van der Waals surface area contributed by atoms with Crippen molar-refractivity contribution in [1.29, 1.82) is 0 Å². The molecule has 0 amide bonds. The van der Waals surface area contributed by atoms with E-state index in [1.807, 2.05) is 0 Å². The lowest BCUT2D eigenvalue weighted by Crippen LogP contribution is -2.05. The summed E-state index contributed by atoms with van der Waals surface area (Å²) < 4.78 is 0.579. The lowest BCUT2D eigenvalue weighted by atomic mass is 10.1. The molecule has 1 N–H and O–H groups in total. The molecule has 15 heavy (non-hydrogen) atoms. The molecule has 0 aromatic carbocycles. The van der Waals surface area contributed by atoms with Gasteiger partial charge in [-0.1, -0.05) is 0 Å². The summed E-state index contributed by atoms with van der Waals surface area (Å²) in [6.07, 6.45) is 1.91. The second-order valence-corrected chi connectivity index (χ2v) is 4.18. The fourth-order valence-corrected chi connectivity index (χ4v) is 1.47. The molecule has 0 saturated carbocycles. The standard InChI is InChI=1S/C9H11BrN2O3/c1-6(13)2-3-8-9(12(14)15)4-7(10)5-11-8/h4-6,13H,2-3H2,1H3/t6-/m0/s1. The minimum absolute atomic E-state index is 0.00924. The lowest BCUT2D eigenvalue weighted by Gasteiger charge is -2.04. The fraction of sp³-hybridized carbons (Fsp3) is 0.444. The molecule has 1 aromatic rings. The number of aryl methyl sites for hydroxylation is 1.